The van der Waals surface area contributed by atoms with Gasteiger partial charge in [-0.25, -0.2) is 0 Å². The molecule has 0 radical (unpaired) electrons. The molecule has 1 aromatic rings. The molecule has 2 aliphatic rings. The van der Waals surface area contributed by atoms with E-state index in [0.29, 0.717) is 11.5 Å². The van der Waals surface area contributed by atoms with Crippen molar-refractivity contribution >= 4 is 11.8 Å². The van der Waals surface area contributed by atoms with Gasteiger partial charge in [0.2, 0.25) is 0 Å². The summed E-state index contributed by atoms with van der Waals surface area (Å²) in [5.74, 6) is 1.26. The van der Waals surface area contributed by atoms with Gasteiger partial charge < -0.3 is 5.32 Å². The minimum absolute atomic E-state index is 0.594. The molecule has 17 heavy (non-hydrogen) atoms. The van der Waals surface area contributed by atoms with Crippen molar-refractivity contribution in [3.8, 4) is 0 Å². The standard InChI is InChI=1S/C15H21NS/c1-2-15(8-9-15)11-16-13-7-10-17-14-6-4-3-5-12(13)14/h3-6,13,16H,2,7-11H2,1H3. The highest BCUT2D eigenvalue weighted by molar-refractivity contribution is 7.99. The van der Waals surface area contributed by atoms with Crippen LogP contribution in [0.4, 0.5) is 0 Å². The van der Waals surface area contributed by atoms with Crippen molar-refractivity contribution in [1.82, 2.24) is 5.32 Å². The average Bonchev–Trinajstić information content (AvgIpc) is 3.17. The Morgan fingerprint density at radius 3 is 2.94 bits per heavy atom. The Balaban J connectivity index is 1.68. The van der Waals surface area contributed by atoms with Gasteiger partial charge in [0.15, 0.2) is 0 Å². The van der Waals surface area contributed by atoms with Crippen LogP contribution in [0, 0.1) is 5.41 Å². The minimum Gasteiger partial charge on any atom is -0.309 e. The van der Waals surface area contributed by atoms with E-state index in [-0.39, 0.29) is 0 Å². The Kier molecular flexibility index (Phi) is 3.18. The lowest BCUT2D eigenvalue weighted by Gasteiger charge is -2.27. The summed E-state index contributed by atoms with van der Waals surface area (Å²) in [4.78, 5) is 1.48. The van der Waals surface area contributed by atoms with Gasteiger partial charge in [0.25, 0.3) is 0 Å². The molecule has 1 heterocycles. The molecule has 1 N–H and O–H groups in total. The van der Waals surface area contributed by atoms with Crippen LogP contribution in [0.5, 0.6) is 0 Å². The first-order valence-electron chi connectivity index (χ1n) is 6.78. The van der Waals surface area contributed by atoms with E-state index in [1.54, 1.807) is 0 Å². The van der Waals surface area contributed by atoms with Crippen molar-refractivity contribution in [3.05, 3.63) is 29.8 Å². The van der Waals surface area contributed by atoms with Crippen LogP contribution in [0.2, 0.25) is 0 Å². The summed E-state index contributed by atoms with van der Waals surface area (Å²) in [6.07, 6.45) is 5.48. The van der Waals surface area contributed by atoms with Crippen LogP contribution in [0.15, 0.2) is 29.2 Å². The van der Waals surface area contributed by atoms with Gasteiger partial charge in [0, 0.05) is 17.5 Å². The zero-order chi connectivity index (χ0) is 11.7. The van der Waals surface area contributed by atoms with E-state index in [1.807, 2.05) is 11.8 Å². The second-order valence-electron chi connectivity index (χ2n) is 5.46. The normalized spacial score (nSPS) is 25.4. The first-order chi connectivity index (χ1) is 8.33. The first-order valence-corrected chi connectivity index (χ1v) is 7.77. The summed E-state index contributed by atoms with van der Waals surface area (Å²) < 4.78 is 0. The van der Waals surface area contributed by atoms with Gasteiger partial charge >= 0.3 is 0 Å². The molecule has 1 saturated carbocycles. The van der Waals surface area contributed by atoms with Crippen molar-refractivity contribution in [2.75, 3.05) is 12.3 Å². The quantitative estimate of drug-likeness (QED) is 0.863. The second-order valence-corrected chi connectivity index (χ2v) is 6.60. The first kappa shape index (κ1) is 11.6. The van der Waals surface area contributed by atoms with Crippen LogP contribution in [0.25, 0.3) is 0 Å². The topological polar surface area (TPSA) is 12.0 Å². The zero-order valence-corrected chi connectivity index (χ0v) is 11.4. The third-order valence-corrected chi connectivity index (χ3v) is 5.51. The van der Waals surface area contributed by atoms with Crippen LogP contribution in [-0.4, -0.2) is 12.3 Å². The predicted molar refractivity (Wildman–Crippen MR) is 74.5 cm³/mol. The SMILES string of the molecule is CCC1(CNC2CCSc3ccccc32)CC1. The summed E-state index contributed by atoms with van der Waals surface area (Å²) in [5.41, 5.74) is 2.18. The van der Waals surface area contributed by atoms with Gasteiger partial charge in [-0.1, -0.05) is 25.1 Å². The summed E-state index contributed by atoms with van der Waals surface area (Å²) >= 11 is 2.01. The van der Waals surface area contributed by atoms with Crippen molar-refractivity contribution < 1.29 is 0 Å². The molecule has 1 nitrogen and oxygen atoms in total. The highest BCUT2D eigenvalue weighted by atomic mass is 32.2. The van der Waals surface area contributed by atoms with E-state index in [1.165, 1.54) is 48.4 Å². The molecule has 0 spiro atoms. The Labute approximate surface area is 108 Å². The molecule has 0 amide bonds. The maximum absolute atomic E-state index is 3.82. The number of nitrogens with one attached hydrogen (secondary N) is 1. The zero-order valence-electron chi connectivity index (χ0n) is 10.5. The predicted octanol–water partition coefficient (Wildman–Crippen LogP) is 4.00. The van der Waals surface area contributed by atoms with Crippen LogP contribution in [0.1, 0.15) is 44.2 Å². The molecule has 1 atom stereocenters. The van der Waals surface area contributed by atoms with Crippen LogP contribution >= 0.6 is 11.8 Å². The third-order valence-electron chi connectivity index (χ3n) is 4.39. The molecule has 1 fully saturated rings. The van der Waals surface area contributed by atoms with E-state index < -0.39 is 0 Å². The third kappa shape index (κ3) is 2.38. The molecule has 3 rings (SSSR count). The molecule has 1 aliphatic heterocycles. The van der Waals surface area contributed by atoms with E-state index in [4.69, 9.17) is 0 Å². The molecule has 0 bridgehead atoms. The summed E-state index contributed by atoms with van der Waals surface area (Å²) in [7, 11) is 0. The van der Waals surface area contributed by atoms with E-state index in [2.05, 4.69) is 36.5 Å². The Morgan fingerprint density at radius 2 is 2.18 bits per heavy atom. The lowest BCUT2D eigenvalue weighted by atomic mass is 10.00. The Bertz CT molecular complexity index is 398. The molecule has 1 aliphatic carbocycles. The van der Waals surface area contributed by atoms with Gasteiger partial charge in [-0.3, -0.25) is 0 Å². The number of benzene rings is 1. The number of hydrogen-bond acceptors (Lipinski definition) is 2. The average molecular weight is 247 g/mol. The number of fused-ring (bicyclic) bond motifs is 1. The maximum atomic E-state index is 3.82. The molecule has 1 unspecified atom stereocenters. The van der Waals surface area contributed by atoms with Gasteiger partial charge in [0.05, 0.1) is 0 Å². The monoisotopic (exact) mass is 247 g/mol. The highest BCUT2D eigenvalue weighted by Crippen LogP contribution is 2.48. The number of hydrogen-bond donors (Lipinski definition) is 1. The van der Waals surface area contributed by atoms with E-state index in [0.717, 1.165) is 0 Å². The fourth-order valence-electron chi connectivity index (χ4n) is 2.73. The molecule has 92 valence electrons. The lowest BCUT2D eigenvalue weighted by Crippen LogP contribution is -2.30. The van der Waals surface area contributed by atoms with Crippen molar-refractivity contribution in [2.24, 2.45) is 5.41 Å². The largest absolute Gasteiger partial charge is 0.309 e. The molecule has 2 heteroatoms. The number of thioether (sulfide) groups is 1. The van der Waals surface area contributed by atoms with Crippen LogP contribution < -0.4 is 5.32 Å². The molecule has 0 saturated heterocycles. The Hall–Kier alpha value is -0.470. The molecule has 0 aromatic heterocycles. The molecular formula is C15H21NS. The van der Waals surface area contributed by atoms with Crippen molar-refractivity contribution in [1.29, 1.82) is 0 Å². The van der Waals surface area contributed by atoms with Gasteiger partial charge in [0.1, 0.15) is 0 Å². The maximum Gasteiger partial charge on any atom is 0.0339 e. The Morgan fingerprint density at radius 1 is 1.35 bits per heavy atom. The van der Waals surface area contributed by atoms with Crippen LogP contribution in [0.3, 0.4) is 0 Å². The fourth-order valence-corrected chi connectivity index (χ4v) is 3.85. The summed E-state index contributed by atoms with van der Waals surface area (Å²) in [5, 5.41) is 3.82. The van der Waals surface area contributed by atoms with Crippen LogP contribution in [-0.2, 0) is 0 Å². The minimum atomic E-state index is 0.594. The van der Waals surface area contributed by atoms with Crippen molar-refractivity contribution in [2.45, 2.75) is 43.5 Å². The van der Waals surface area contributed by atoms with Gasteiger partial charge in [-0.15, -0.1) is 11.8 Å². The van der Waals surface area contributed by atoms with Gasteiger partial charge in [-0.05, 0) is 48.5 Å². The summed E-state index contributed by atoms with van der Waals surface area (Å²) in [6, 6.07) is 9.48. The molecular weight excluding hydrogens is 226 g/mol. The van der Waals surface area contributed by atoms with Crippen molar-refractivity contribution in [3.63, 3.8) is 0 Å². The van der Waals surface area contributed by atoms with Gasteiger partial charge in [-0.2, -0.15) is 0 Å². The number of rotatable bonds is 4. The van der Waals surface area contributed by atoms with E-state index in [9.17, 15) is 0 Å². The lowest BCUT2D eigenvalue weighted by molar-refractivity contribution is 0.396. The highest BCUT2D eigenvalue weighted by Gasteiger charge is 2.40. The fraction of sp³-hybridized carbons (Fsp3) is 0.600. The molecule has 1 aromatic carbocycles. The smallest absolute Gasteiger partial charge is 0.0339 e. The summed E-state index contributed by atoms with van der Waals surface area (Å²) in [6.45, 7) is 3.55. The second kappa shape index (κ2) is 4.66. The van der Waals surface area contributed by atoms with E-state index >= 15 is 0 Å².